The van der Waals surface area contributed by atoms with Crippen LogP contribution in [0.25, 0.3) is 6.08 Å². The van der Waals surface area contributed by atoms with Gasteiger partial charge in [0.15, 0.2) is 11.5 Å². The highest BCUT2D eigenvalue weighted by Crippen LogP contribution is 2.33. The molecule has 3 aliphatic rings. The number of amides is 1. The van der Waals surface area contributed by atoms with Crippen molar-refractivity contribution in [1.82, 2.24) is 10.2 Å². The number of nitrogens with zero attached hydrogens (tertiary/aromatic N) is 1. The van der Waals surface area contributed by atoms with Crippen molar-refractivity contribution in [3.05, 3.63) is 29.8 Å². The van der Waals surface area contributed by atoms with Gasteiger partial charge in [-0.25, -0.2) is 0 Å². The molecule has 5 nitrogen and oxygen atoms in total. The van der Waals surface area contributed by atoms with E-state index in [1.165, 1.54) is 31.4 Å². The summed E-state index contributed by atoms with van der Waals surface area (Å²) >= 11 is 2.00. The normalized spacial score (nSPS) is 24.9. The van der Waals surface area contributed by atoms with Crippen LogP contribution < -0.4 is 14.8 Å². The van der Waals surface area contributed by atoms with Crippen LogP contribution >= 0.6 is 11.8 Å². The Morgan fingerprint density at radius 3 is 2.96 bits per heavy atom. The molecule has 1 aromatic rings. The van der Waals surface area contributed by atoms with Gasteiger partial charge in [0.2, 0.25) is 12.7 Å². The van der Waals surface area contributed by atoms with Crippen LogP contribution in [0.2, 0.25) is 0 Å². The van der Waals surface area contributed by atoms with E-state index in [1.54, 1.807) is 6.08 Å². The predicted molar refractivity (Wildman–Crippen MR) is 104 cm³/mol. The number of hydrogen-bond acceptors (Lipinski definition) is 5. The number of nitrogens with one attached hydrogen (secondary N) is 1. The second kappa shape index (κ2) is 8.35. The highest BCUT2D eigenvalue weighted by Gasteiger charge is 2.28. The first-order chi connectivity index (χ1) is 12.8. The minimum atomic E-state index is 0.0922. The van der Waals surface area contributed by atoms with E-state index in [9.17, 15) is 4.79 Å². The number of piperidine rings is 1. The largest absolute Gasteiger partial charge is 0.454 e. The van der Waals surface area contributed by atoms with E-state index in [2.05, 4.69) is 5.32 Å². The first-order valence-corrected chi connectivity index (χ1v) is 10.6. The summed E-state index contributed by atoms with van der Waals surface area (Å²) in [6, 6.07) is 5.76. The monoisotopic (exact) mass is 374 g/mol. The first-order valence-electron chi connectivity index (χ1n) is 9.53. The third kappa shape index (κ3) is 4.18. The number of benzene rings is 1. The zero-order valence-corrected chi connectivity index (χ0v) is 15.8. The van der Waals surface area contributed by atoms with E-state index in [4.69, 9.17) is 9.47 Å². The van der Waals surface area contributed by atoms with Crippen LogP contribution in [-0.4, -0.2) is 47.9 Å². The number of hydrogen-bond donors (Lipinski definition) is 1. The maximum absolute atomic E-state index is 13.0. The minimum Gasteiger partial charge on any atom is -0.454 e. The maximum Gasteiger partial charge on any atom is 0.247 e. The molecule has 0 saturated carbocycles. The highest BCUT2D eigenvalue weighted by molar-refractivity contribution is 8.00. The number of thioether (sulfide) groups is 1. The van der Waals surface area contributed by atoms with E-state index >= 15 is 0 Å². The summed E-state index contributed by atoms with van der Waals surface area (Å²) in [6.07, 6.45) is 9.65. The molecular formula is C20H26N2O3S. The Hall–Kier alpha value is -1.66. The molecule has 2 unspecified atom stereocenters. The summed E-state index contributed by atoms with van der Waals surface area (Å²) in [7, 11) is 0. The molecule has 0 spiro atoms. The Morgan fingerprint density at radius 1 is 1.23 bits per heavy atom. The fraction of sp³-hybridized carbons (Fsp3) is 0.550. The second-order valence-electron chi connectivity index (χ2n) is 7.04. The third-order valence-corrected chi connectivity index (χ3v) is 6.56. The summed E-state index contributed by atoms with van der Waals surface area (Å²) in [6.45, 7) is 2.10. The fourth-order valence-electron chi connectivity index (χ4n) is 3.76. The van der Waals surface area contributed by atoms with Gasteiger partial charge in [-0.1, -0.05) is 6.07 Å². The molecule has 6 heteroatoms. The summed E-state index contributed by atoms with van der Waals surface area (Å²) in [5, 5.41) is 4.10. The topological polar surface area (TPSA) is 50.8 Å². The number of carbonyl (C=O) groups excluding carboxylic acids is 1. The lowest BCUT2D eigenvalue weighted by Crippen LogP contribution is -2.52. The molecule has 2 atom stereocenters. The molecule has 3 aliphatic heterocycles. The van der Waals surface area contributed by atoms with Crippen LogP contribution in [0.5, 0.6) is 11.5 Å². The number of rotatable bonds is 5. The van der Waals surface area contributed by atoms with Crippen molar-refractivity contribution in [2.45, 2.75) is 43.5 Å². The molecule has 0 aromatic heterocycles. The van der Waals surface area contributed by atoms with Crippen LogP contribution in [0.15, 0.2) is 24.3 Å². The van der Waals surface area contributed by atoms with Crippen LogP contribution in [0.1, 0.15) is 37.7 Å². The van der Waals surface area contributed by atoms with Crippen LogP contribution in [0.3, 0.4) is 0 Å². The molecule has 0 aliphatic carbocycles. The van der Waals surface area contributed by atoms with Crippen molar-refractivity contribution >= 4 is 23.7 Å². The highest BCUT2D eigenvalue weighted by atomic mass is 32.2. The lowest BCUT2D eigenvalue weighted by atomic mass is 10.1. The Kier molecular flexibility index (Phi) is 5.70. The van der Waals surface area contributed by atoms with Crippen molar-refractivity contribution in [1.29, 1.82) is 0 Å². The van der Waals surface area contributed by atoms with Crippen molar-refractivity contribution in [3.8, 4) is 11.5 Å². The lowest BCUT2D eigenvalue weighted by Gasteiger charge is -2.36. The average Bonchev–Trinajstić information content (AvgIpc) is 3.36. The van der Waals surface area contributed by atoms with E-state index in [-0.39, 0.29) is 18.9 Å². The van der Waals surface area contributed by atoms with E-state index < -0.39 is 0 Å². The smallest absolute Gasteiger partial charge is 0.247 e. The van der Waals surface area contributed by atoms with Gasteiger partial charge >= 0.3 is 0 Å². The summed E-state index contributed by atoms with van der Waals surface area (Å²) < 4.78 is 10.8. The zero-order chi connectivity index (χ0) is 17.8. The average molecular weight is 375 g/mol. The molecular weight excluding hydrogens is 348 g/mol. The minimum absolute atomic E-state index is 0.0922. The zero-order valence-electron chi connectivity index (χ0n) is 15.0. The molecule has 0 radical (unpaired) electrons. The van der Waals surface area contributed by atoms with Gasteiger partial charge in [-0.15, -0.1) is 0 Å². The van der Waals surface area contributed by atoms with Gasteiger partial charge in [0, 0.05) is 17.9 Å². The molecule has 4 rings (SSSR count). The van der Waals surface area contributed by atoms with Gasteiger partial charge in [0.25, 0.3) is 0 Å². The van der Waals surface area contributed by atoms with E-state index in [1.807, 2.05) is 40.9 Å². The standard InChI is InChI=1S/C20H26N2O3S/c23-20(9-7-15-6-8-17-18(12-15)25-14-24-17)22(13-16-4-3-11-26-16)19-5-1-2-10-21-19/h6-9,12,16,19,21H,1-5,10-11,13-14H2. The summed E-state index contributed by atoms with van der Waals surface area (Å²) in [4.78, 5) is 15.0. The van der Waals surface area contributed by atoms with Gasteiger partial charge in [-0.05, 0) is 68.2 Å². The fourth-order valence-corrected chi connectivity index (χ4v) is 5.02. The van der Waals surface area contributed by atoms with Crippen LogP contribution in [0.4, 0.5) is 0 Å². The van der Waals surface area contributed by atoms with Crippen molar-refractivity contribution in [3.63, 3.8) is 0 Å². The molecule has 140 valence electrons. The predicted octanol–water partition coefficient (Wildman–Crippen LogP) is 3.25. The lowest BCUT2D eigenvalue weighted by molar-refractivity contribution is -0.129. The van der Waals surface area contributed by atoms with Gasteiger partial charge in [0.05, 0.1) is 6.17 Å². The second-order valence-corrected chi connectivity index (χ2v) is 8.45. The molecule has 3 heterocycles. The van der Waals surface area contributed by atoms with Crippen LogP contribution in [-0.2, 0) is 4.79 Å². The van der Waals surface area contributed by atoms with Gasteiger partial charge in [-0.3, -0.25) is 10.1 Å². The van der Waals surface area contributed by atoms with Crippen molar-refractivity contribution < 1.29 is 14.3 Å². The quantitative estimate of drug-likeness (QED) is 0.802. The molecule has 0 bridgehead atoms. The first kappa shape index (κ1) is 17.7. The van der Waals surface area contributed by atoms with Gasteiger partial charge in [0.1, 0.15) is 0 Å². The Bertz CT molecular complexity index is 667. The molecule has 1 amide bonds. The Balaban J connectivity index is 1.45. The Morgan fingerprint density at radius 2 is 2.15 bits per heavy atom. The number of fused-ring (bicyclic) bond motifs is 1. The third-order valence-electron chi connectivity index (χ3n) is 5.18. The summed E-state index contributed by atoms with van der Waals surface area (Å²) in [5.41, 5.74) is 0.953. The SMILES string of the molecule is O=C(C=Cc1ccc2c(c1)OCO2)N(CC1CCCS1)C1CCCCN1. The molecule has 1 aromatic carbocycles. The number of carbonyl (C=O) groups is 1. The maximum atomic E-state index is 13.0. The molecule has 2 saturated heterocycles. The van der Waals surface area contributed by atoms with Crippen molar-refractivity contribution in [2.75, 3.05) is 25.6 Å². The van der Waals surface area contributed by atoms with E-state index in [0.717, 1.165) is 36.6 Å². The van der Waals surface area contributed by atoms with Crippen LogP contribution in [0, 0.1) is 0 Å². The van der Waals surface area contributed by atoms with Gasteiger partial charge in [-0.2, -0.15) is 11.8 Å². The van der Waals surface area contributed by atoms with Gasteiger partial charge < -0.3 is 14.4 Å². The molecule has 2 fully saturated rings. The number of ether oxygens (including phenoxy) is 2. The molecule has 26 heavy (non-hydrogen) atoms. The Labute approximate surface area is 159 Å². The van der Waals surface area contributed by atoms with Crippen molar-refractivity contribution in [2.24, 2.45) is 0 Å². The molecule has 1 N–H and O–H groups in total. The van der Waals surface area contributed by atoms with E-state index in [0.29, 0.717) is 5.25 Å². The summed E-state index contributed by atoms with van der Waals surface area (Å²) in [5.74, 6) is 2.82.